The fraction of sp³-hybridized carbons (Fsp3) is 0.222. The fourth-order valence-corrected chi connectivity index (χ4v) is 2.07. The van der Waals surface area contributed by atoms with Crippen LogP contribution in [-0.4, -0.2) is 18.4 Å². The van der Waals surface area contributed by atoms with Crippen molar-refractivity contribution in [2.45, 2.75) is 20.0 Å². The van der Waals surface area contributed by atoms with Gasteiger partial charge >= 0.3 is 5.97 Å². The Hall–Kier alpha value is -2.62. The van der Waals surface area contributed by atoms with E-state index in [4.69, 9.17) is 4.74 Å². The molecule has 0 radical (unpaired) electrons. The van der Waals surface area contributed by atoms with Crippen LogP contribution in [0.3, 0.4) is 0 Å². The van der Waals surface area contributed by atoms with Crippen LogP contribution in [0.1, 0.15) is 34.5 Å². The second kappa shape index (κ2) is 7.41. The van der Waals surface area contributed by atoms with Gasteiger partial charge in [-0.05, 0) is 31.5 Å². The Morgan fingerprint density at radius 3 is 2.50 bits per heavy atom. The highest BCUT2D eigenvalue weighted by atomic mass is 16.5. The third-order valence-electron chi connectivity index (χ3n) is 3.25. The van der Waals surface area contributed by atoms with Gasteiger partial charge in [0.1, 0.15) is 12.6 Å². The molecule has 0 aliphatic carbocycles. The summed E-state index contributed by atoms with van der Waals surface area (Å²) in [5, 5.41) is 2.57. The molecule has 0 fully saturated rings. The minimum atomic E-state index is -0.461. The highest BCUT2D eigenvalue weighted by Gasteiger charge is 2.13. The lowest BCUT2D eigenvalue weighted by Crippen LogP contribution is -2.31. The Balaban J connectivity index is 1.84. The van der Waals surface area contributed by atoms with Gasteiger partial charge in [-0.25, -0.2) is 0 Å². The van der Waals surface area contributed by atoms with Crippen LogP contribution in [0, 0.1) is 6.92 Å². The summed E-state index contributed by atoms with van der Waals surface area (Å²) in [6.45, 7) is 3.56. The van der Waals surface area contributed by atoms with Gasteiger partial charge in [-0.2, -0.15) is 0 Å². The molecular formula is C18H19NO3. The van der Waals surface area contributed by atoms with Gasteiger partial charge < -0.3 is 10.1 Å². The summed E-state index contributed by atoms with van der Waals surface area (Å²) < 4.78 is 5.29. The molecule has 4 heteroatoms. The van der Waals surface area contributed by atoms with Crippen molar-refractivity contribution in [1.82, 2.24) is 5.32 Å². The zero-order valence-electron chi connectivity index (χ0n) is 12.7. The number of benzene rings is 2. The molecule has 1 atom stereocenters. The summed E-state index contributed by atoms with van der Waals surface area (Å²) in [6, 6.07) is 16.7. The number of aryl methyl sites for hydroxylation is 1. The van der Waals surface area contributed by atoms with E-state index in [2.05, 4.69) is 5.32 Å². The Labute approximate surface area is 130 Å². The lowest BCUT2D eigenvalue weighted by atomic mass is 10.1. The van der Waals surface area contributed by atoms with Crippen molar-refractivity contribution in [2.24, 2.45) is 0 Å². The number of hydrogen-bond donors (Lipinski definition) is 1. The van der Waals surface area contributed by atoms with Gasteiger partial charge in [-0.15, -0.1) is 0 Å². The largest absolute Gasteiger partial charge is 0.456 e. The molecule has 114 valence electrons. The monoisotopic (exact) mass is 297 g/mol. The van der Waals surface area contributed by atoms with Crippen LogP contribution in [0.4, 0.5) is 0 Å². The summed E-state index contributed by atoms with van der Waals surface area (Å²) in [4.78, 5) is 23.7. The smallest absolute Gasteiger partial charge is 0.326 e. The molecule has 1 N–H and O–H groups in total. The van der Waals surface area contributed by atoms with Crippen molar-refractivity contribution < 1.29 is 14.3 Å². The first-order chi connectivity index (χ1) is 10.6. The van der Waals surface area contributed by atoms with E-state index in [1.54, 1.807) is 25.1 Å². The predicted octanol–water partition coefficient (Wildman–Crippen LogP) is 3.03. The molecule has 0 spiro atoms. The van der Waals surface area contributed by atoms with E-state index in [1.165, 1.54) is 0 Å². The second-order valence-corrected chi connectivity index (χ2v) is 5.09. The van der Waals surface area contributed by atoms with Crippen molar-refractivity contribution in [3.8, 4) is 0 Å². The lowest BCUT2D eigenvalue weighted by molar-refractivity contribution is -0.147. The zero-order valence-corrected chi connectivity index (χ0v) is 12.7. The summed E-state index contributed by atoms with van der Waals surface area (Å²) in [5.41, 5.74) is 2.44. The Kier molecular flexibility index (Phi) is 5.31. The van der Waals surface area contributed by atoms with Crippen molar-refractivity contribution in [2.75, 3.05) is 6.54 Å². The van der Waals surface area contributed by atoms with Gasteiger partial charge in [0.05, 0.1) is 0 Å². The van der Waals surface area contributed by atoms with Crippen LogP contribution in [-0.2, 0) is 9.53 Å². The van der Waals surface area contributed by atoms with Gasteiger partial charge in [-0.3, -0.25) is 9.59 Å². The van der Waals surface area contributed by atoms with Gasteiger partial charge in [-0.1, -0.05) is 48.0 Å². The minimum absolute atomic E-state index is 0.149. The molecule has 0 unspecified atom stereocenters. The number of amides is 1. The number of nitrogens with one attached hydrogen (secondary N) is 1. The molecule has 2 aromatic carbocycles. The Bertz CT molecular complexity index is 652. The summed E-state index contributed by atoms with van der Waals surface area (Å²) in [7, 11) is 0. The first-order valence-corrected chi connectivity index (χ1v) is 7.15. The van der Waals surface area contributed by atoms with E-state index in [-0.39, 0.29) is 18.6 Å². The quantitative estimate of drug-likeness (QED) is 0.863. The van der Waals surface area contributed by atoms with Gasteiger partial charge in [0.25, 0.3) is 5.91 Å². The molecule has 0 bridgehead atoms. The van der Waals surface area contributed by atoms with Gasteiger partial charge in [0, 0.05) is 5.56 Å². The average molecular weight is 297 g/mol. The number of hydrogen-bond acceptors (Lipinski definition) is 3. The van der Waals surface area contributed by atoms with Crippen molar-refractivity contribution in [3.05, 3.63) is 71.3 Å². The standard InChI is InChI=1S/C18H19NO3/c1-13-7-6-10-16(11-13)18(21)19-12-17(20)22-14(2)15-8-4-3-5-9-15/h3-11,14H,12H2,1-2H3,(H,19,21)/t14-/m1/s1. The first-order valence-electron chi connectivity index (χ1n) is 7.15. The van der Waals surface area contributed by atoms with Crippen LogP contribution >= 0.6 is 0 Å². The molecule has 2 rings (SSSR count). The minimum Gasteiger partial charge on any atom is -0.456 e. The molecule has 2 aromatic rings. The molecule has 0 saturated heterocycles. The molecule has 22 heavy (non-hydrogen) atoms. The first kappa shape index (κ1) is 15.8. The molecule has 0 heterocycles. The topological polar surface area (TPSA) is 55.4 Å². The Morgan fingerprint density at radius 1 is 1.09 bits per heavy atom. The molecule has 0 aromatic heterocycles. The molecule has 4 nitrogen and oxygen atoms in total. The molecule has 0 aliphatic rings. The highest BCUT2D eigenvalue weighted by Crippen LogP contribution is 2.15. The maximum atomic E-state index is 11.9. The van der Waals surface area contributed by atoms with Crippen LogP contribution in [0.2, 0.25) is 0 Å². The van der Waals surface area contributed by atoms with E-state index in [1.807, 2.05) is 43.3 Å². The van der Waals surface area contributed by atoms with Crippen molar-refractivity contribution in [3.63, 3.8) is 0 Å². The zero-order chi connectivity index (χ0) is 15.9. The maximum absolute atomic E-state index is 11.9. The SMILES string of the molecule is Cc1cccc(C(=O)NCC(=O)O[C@H](C)c2ccccc2)c1. The molecular weight excluding hydrogens is 278 g/mol. The Morgan fingerprint density at radius 2 is 1.82 bits per heavy atom. The van der Waals surface area contributed by atoms with Crippen molar-refractivity contribution in [1.29, 1.82) is 0 Å². The number of carbonyl (C=O) groups is 2. The summed E-state index contributed by atoms with van der Waals surface area (Å²) in [6.07, 6.45) is -0.343. The normalized spacial score (nSPS) is 11.5. The second-order valence-electron chi connectivity index (χ2n) is 5.09. The fourth-order valence-electron chi connectivity index (χ4n) is 2.07. The van der Waals surface area contributed by atoms with Crippen molar-refractivity contribution >= 4 is 11.9 Å². The average Bonchev–Trinajstić information content (AvgIpc) is 2.53. The number of esters is 1. The predicted molar refractivity (Wildman–Crippen MR) is 84.5 cm³/mol. The van der Waals surface area contributed by atoms with Crippen LogP contribution < -0.4 is 5.32 Å². The third-order valence-corrected chi connectivity index (χ3v) is 3.25. The van der Waals surface area contributed by atoms with E-state index in [0.717, 1.165) is 11.1 Å². The number of rotatable bonds is 5. The molecule has 0 saturated carbocycles. The summed E-state index contributed by atoms with van der Waals surface area (Å²) in [5.74, 6) is -0.745. The van der Waals surface area contributed by atoms with Crippen LogP contribution in [0.5, 0.6) is 0 Å². The van der Waals surface area contributed by atoms with E-state index >= 15 is 0 Å². The van der Waals surface area contributed by atoms with Gasteiger partial charge in [0.2, 0.25) is 0 Å². The number of ether oxygens (including phenoxy) is 1. The van der Waals surface area contributed by atoms with E-state index in [9.17, 15) is 9.59 Å². The van der Waals surface area contributed by atoms with Crippen LogP contribution in [0.15, 0.2) is 54.6 Å². The summed E-state index contributed by atoms with van der Waals surface area (Å²) >= 11 is 0. The van der Waals surface area contributed by atoms with Crippen LogP contribution in [0.25, 0.3) is 0 Å². The molecule has 1 amide bonds. The number of carbonyl (C=O) groups excluding carboxylic acids is 2. The van der Waals surface area contributed by atoms with E-state index in [0.29, 0.717) is 5.56 Å². The highest BCUT2D eigenvalue weighted by molar-refractivity contribution is 5.96. The molecule has 0 aliphatic heterocycles. The maximum Gasteiger partial charge on any atom is 0.326 e. The third kappa shape index (κ3) is 4.45. The lowest BCUT2D eigenvalue weighted by Gasteiger charge is -2.14. The van der Waals surface area contributed by atoms with E-state index < -0.39 is 5.97 Å². The van der Waals surface area contributed by atoms with Gasteiger partial charge in [0.15, 0.2) is 0 Å².